The van der Waals surface area contributed by atoms with Gasteiger partial charge in [0, 0.05) is 12.1 Å². The minimum absolute atomic E-state index is 0.00793. The highest BCUT2D eigenvalue weighted by atomic mass is 16.5. The van der Waals surface area contributed by atoms with Gasteiger partial charge in [0.05, 0.1) is 25.8 Å². The molecule has 6 nitrogen and oxygen atoms in total. The molecule has 0 atom stereocenters. The highest BCUT2D eigenvalue weighted by Crippen LogP contribution is 2.43. The van der Waals surface area contributed by atoms with E-state index in [4.69, 9.17) is 13.9 Å². The Morgan fingerprint density at radius 2 is 1.65 bits per heavy atom. The maximum atomic E-state index is 9.87. The zero-order valence-electron chi connectivity index (χ0n) is 12.5. The topological polar surface area (TPSA) is 90.5 Å². The average Bonchev–Trinajstić information content (AvgIpc) is 2.55. The molecule has 0 saturated heterocycles. The molecule has 3 aromatic rings. The fraction of sp³-hybridized carbons (Fsp3) is 0.118. The second kappa shape index (κ2) is 5.57. The summed E-state index contributed by atoms with van der Waals surface area (Å²) in [5.74, 6) is 0.276. The van der Waals surface area contributed by atoms with Crippen LogP contribution in [0.1, 0.15) is 0 Å². The normalized spacial score (nSPS) is 10.7. The molecule has 23 heavy (non-hydrogen) atoms. The molecule has 0 radical (unpaired) electrons. The highest BCUT2D eigenvalue weighted by Gasteiger charge is 2.23. The van der Waals surface area contributed by atoms with Gasteiger partial charge in [-0.2, -0.15) is 0 Å². The lowest BCUT2D eigenvalue weighted by Gasteiger charge is -2.05. The molecule has 0 unspecified atom stereocenters. The van der Waals surface area contributed by atoms with Crippen molar-refractivity contribution in [1.29, 1.82) is 0 Å². The van der Waals surface area contributed by atoms with E-state index in [2.05, 4.69) is 0 Å². The van der Waals surface area contributed by atoms with Gasteiger partial charge in [-0.25, -0.2) is 4.42 Å². The van der Waals surface area contributed by atoms with E-state index in [1.165, 1.54) is 26.4 Å². The number of phenolic OH excluding ortho intramolecular Hbond substituents is 3. The minimum Gasteiger partial charge on any atom is -0.504 e. The van der Waals surface area contributed by atoms with Crippen LogP contribution >= 0.6 is 0 Å². The zero-order valence-corrected chi connectivity index (χ0v) is 12.5. The molecule has 0 bridgehead atoms. The van der Waals surface area contributed by atoms with Gasteiger partial charge in [-0.15, -0.1) is 0 Å². The number of ether oxygens (including phenoxy) is 2. The predicted octanol–water partition coefficient (Wildman–Crippen LogP) is 3.51. The number of methoxy groups -OCH3 is 2. The van der Waals surface area contributed by atoms with Gasteiger partial charge >= 0.3 is 11.3 Å². The van der Waals surface area contributed by atoms with Crippen LogP contribution in [0.4, 0.5) is 0 Å². The van der Waals surface area contributed by atoms with E-state index in [1.807, 2.05) is 0 Å². The van der Waals surface area contributed by atoms with Crippen LogP contribution in [0.15, 0.2) is 40.8 Å². The van der Waals surface area contributed by atoms with Crippen molar-refractivity contribution in [2.75, 3.05) is 14.2 Å². The van der Waals surface area contributed by atoms with Gasteiger partial charge in [0.2, 0.25) is 5.75 Å². The summed E-state index contributed by atoms with van der Waals surface area (Å²) in [6.45, 7) is 0. The molecule has 0 spiro atoms. The zero-order chi connectivity index (χ0) is 16.6. The number of benzene rings is 2. The van der Waals surface area contributed by atoms with Gasteiger partial charge < -0.3 is 24.8 Å². The maximum Gasteiger partial charge on any atom is 0.368 e. The third-order valence-electron chi connectivity index (χ3n) is 3.52. The standard InChI is InChI=1S/C17H14O6/c1-21-14-5-3-9(7-11(14)18)13-6-4-10-15(23-13)8-12(19)16(20)17(10)22-2/h3-8H,1-2H3,(H2-,18,19,20)/p+1. The van der Waals surface area contributed by atoms with Crippen molar-refractivity contribution in [2.24, 2.45) is 0 Å². The molecule has 0 amide bonds. The molecular weight excluding hydrogens is 300 g/mol. The molecule has 1 aromatic heterocycles. The van der Waals surface area contributed by atoms with Gasteiger partial charge in [-0.3, -0.25) is 0 Å². The second-order valence-corrected chi connectivity index (χ2v) is 4.88. The number of hydrogen-bond donors (Lipinski definition) is 3. The van der Waals surface area contributed by atoms with E-state index in [0.717, 1.165) is 0 Å². The Hall–Kier alpha value is -3.15. The number of phenols is 3. The summed E-state index contributed by atoms with van der Waals surface area (Å²) >= 11 is 0. The van der Waals surface area contributed by atoms with Gasteiger partial charge in [0.25, 0.3) is 0 Å². The van der Waals surface area contributed by atoms with E-state index < -0.39 is 0 Å². The van der Waals surface area contributed by atoms with Gasteiger partial charge in [0.15, 0.2) is 23.0 Å². The number of aromatic hydroxyl groups is 3. The molecule has 3 N–H and O–H groups in total. The average molecular weight is 315 g/mol. The van der Waals surface area contributed by atoms with Crippen molar-refractivity contribution >= 4 is 11.0 Å². The van der Waals surface area contributed by atoms with Crippen molar-refractivity contribution in [2.45, 2.75) is 0 Å². The summed E-state index contributed by atoms with van der Waals surface area (Å²) in [5, 5.41) is 30.0. The van der Waals surface area contributed by atoms with E-state index in [1.54, 1.807) is 24.3 Å². The molecule has 3 rings (SSSR count). The first kappa shape index (κ1) is 14.8. The Balaban J connectivity index is 2.17. The Bertz CT molecular complexity index is 888. The lowest BCUT2D eigenvalue weighted by Crippen LogP contribution is -1.88. The summed E-state index contributed by atoms with van der Waals surface area (Å²) in [6, 6.07) is 9.57. The summed E-state index contributed by atoms with van der Waals surface area (Å²) in [4.78, 5) is 0. The molecule has 118 valence electrons. The third-order valence-corrected chi connectivity index (χ3v) is 3.52. The monoisotopic (exact) mass is 315 g/mol. The molecule has 0 aliphatic carbocycles. The van der Waals surface area contributed by atoms with Crippen LogP contribution in [0.2, 0.25) is 0 Å². The van der Waals surface area contributed by atoms with Crippen LogP contribution in [0, 0.1) is 0 Å². The van der Waals surface area contributed by atoms with Crippen molar-refractivity contribution in [3.8, 4) is 40.1 Å². The van der Waals surface area contributed by atoms with Crippen molar-refractivity contribution in [1.82, 2.24) is 0 Å². The predicted molar refractivity (Wildman–Crippen MR) is 84.2 cm³/mol. The lowest BCUT2D eigenvalue weighted by atomic mass is 10.1. The lowest BCUT2D eigenvalue weighted by molar-refractivity contribution is 0.354. The fourth-order valence-corrected chi connectivity index (χ4v) is 2.38. The van der Waals surface area contributed by atoms with Gasteiger partial charge in [-0.1, -0.05) is 0 Å². The van der Waals surface area contributed by atoms with Crippen LogP contribution in [0.3, 0.4) is 0 Å². The van der Waals surface area contributed by atoms with E-state index >= 15 is 0 Å². The molecule has 0 fully saturated rings. The second-order valence-electron chi connectivity index (χ2n) is 4.88. The SMILES string of the molecule is COc1ccc(-c2ccc3c(OC)c(O)c(O)cc3[o+]2)cc1O. The highest BCUT2D eigenvalue weighted by molar-refractivity contribution is 5.89. The molecule has 1 heterocycles. The van der Waals surface area contributed by atoms with E-state index in [-0.39, 0.29) is 23.0 Å². The van der Waals surface area contributed by atoms with Crippen molar-refractivity contribution in [3.63, 3.8) is 0 Å². The van der Waals surface area contributed by atoms with E-state index in [9.17, 15) is 15.3 Å². The quantitative estimate of drug-likeness (QED) is 0.506. The molecule has 0 saturated carbocycles. The molecule has 2 aromatic carbocycles. The Morgan fingerprint density at radius 1 is 0.870 bits per heavy atom. The van der Waals surface area contributed by atoms with Crippen LogP contribution in [0.25, 0.3) is 22.3 Å². The molecule has 0 aliphatic rings. The van der Waals surface area contributed by atoms with Crippen LogP contribution in [-0.2, 0) is 0 Å². The molecule has 0 aliphatic heterocycles. The third kappa shape index (κ3) is 2.44. The summed E-state index contributed by atoms with van der Waals surface area (Å²) in [5.41, 5.74) is 0.974. The van der Waals surface area contributed by atoms with Crippen LogP contribution in [0.5, 0.6) is 28.7 Å². The van der Waals surface area contributed by atoms with Gasteiger partial charge in [0.1, 0.15) is 5.39 Å². The Kier molecular flexibility index (Phi) is 3.57. The molecular formula is C17H15O6+. The summed E-state index contributed by atoms with van der Waals surface area (Å²) in [6.07, 6.45) is 0. The summed E-state index contributed by atoms with van der Waals surface area (Å²) in [7, 11) is 2.86. The number of fused-ring (bicyclic) bond motifs is 1. The largest absolute Gasteiger partial charge is 0.504 e. The molecule has 6 heteroatoms. The number of rotatable bonds is 3. The minimum atomic E-state index is -0.343. The van der Waals surface area contributed by atoms with Crippen molar-refractivity contribution < 1.29 is 29.2 Å². The Morgan fingerprint density at radius 3 is 2.30 bits per heavy atom. The first-order valence-corrected chi connectivity index (χ1v) is 6.78. The summed E-state index contributed by atoms with van der Waals surface area (Å²) < 4.78 is 15.9. The van der Waals surface area contributed by atoms with Crippen LogP contribution in [-0.4, -0.2) is 29.5 Å². The van der Waals surface area contributed by atoms with E-state index in [0.29, 0.717) is 28.0 Å². The van der Waals surface area contributed by atoms with Gasteiger partial charge in [-0.05, 0) is 18.2 Å². The Labute approximate surface area is 131 Å². The smallest absolute Gasteiger partial charge is 0.368 e. The maximum absolute atomic E-state index is 9.87. The number of hydrogen-bond acceptors (Lipinski definition) is 5. The van der Waals surface area contributed by atoms with Crippen molar-refractivity contribution in [3.05, 3.63) is 36.4 Å². The first-order chi connectivity index (χ1) is 11.0. The first-order valence-electron chi connectivity index (χ1n) is 6.78. The fourth-order valence-electron chi connectivity index (χ4n) is 2.38. The van der Waals surface area contributed by atoms with Crippen LogP contribution < -0.4 is 9.47 Å².